The highest BCUT2D eigenvalue weighted by molar-refractivity contribution is 6.73. The first kappa shape index (κ1) is 36.6. The molecular weight excluding hydrogens is 578 g/mol. The second-order valence-electron chi connectivity index (χ2n) is 13.6. The topological polar surface area (TPSA) is 127 Å². The maximum atomic E-state index is 12.3. The van der Waals surface area contributed by atoms with Crippen molar-refractivity contribution in [2.45, 2.75) is 142 Å². The van der Waals surface area contributed by atoms with Crippen molar-refractivity contribution in [3.8, 4) is 0 Å². The van der Waals surface area contributed by atoms with E-state index in [1.165, 1.54) is 0 Å². The van der Waals surface area contributed by atoms with Crippen LogP contribution in [0.2, 0.25) is 18.1 Å². The summed E-state index contributed by atoms with van der Waals surface area (Å²) in [5.74, 6) is -2.31. The number of aliphatic hydroxyl groups excluding tert-OH is 1. The van der Waals surface area contributed by atoms with E-state index in [9.17, 15) is 20.1 Å². The summed E-state index contributed by atoms with van der Waals surface area (Å²) in [6.45, 7) is 19.9. The molecule has 2 aliphatic rings. The molecule has 0 amide bonds. The minimum atomic E-state index is -2.21. The van der Waals surface area contributed by atoms with Crippen molar-refractivity contribution >= 4 is 20.0 Å². The molecule has 9 nitrogen and oxygen atoms in total. The molecular formula is C34H57NO8Si. The van der Waals surface area contributed by atoms with Crippen LogP contribution in [0.15, 0.2) is 35.5 Å². The van der Waals surface area contributed by atoms with Gasteiger partial charge in [-0.05, 0) is 51.7 Å². The van der Waals surface area contributed by atoms with Crippen LogP contribution in [0, 0.1) is 23.7 Å². The highest BCUT2D eigenvalue weighted by Gasteiger charge is 2.54. The van der Waals surface area contributed by atoms with Gasteiger partial charge in [-0.2, -0.15) is 0 Å². The van der Waals surface area contributed by atoms with Crippen LogP contribution in [0.5, 0.6) is 0 Å². The van der Waals surface area contributed by atoms with Crippen molar-refractivity contribution in [2.75, 3.05) is 0 Å². The molecule has 0 aliphatic carbocycles. The van der Waals surface area contributed by atoms with Crippen LogP contribution >= 0.6 is 0 Å². The van der Waals surface area contributed by atoms with Crippen LogP contribution in [0.4, 0.5) is 0 Å². The number of hydrogen-bond acceptors (Lipinski definition) is 8. The monoisotopic (exact) mass is 635 g/mol. The fourth-order valence-electron chi connectivity index (χ4n) is 7.50. The largest absolute Gasteiger partial charge is 0.481 e. The normalized spacial score (nSPS) is 30.8. The maximum absolute atomic E-state index is 12.3. The fourth-order valence-corrected chi connectivity index (χ4v) is 10.6. The molecule has 1 saturated heterocycles. The average molecular weight is 636 g/mol. The van der Waals surface area contributed by atoms with E-state index in [1.54, 1.807) is 13.8 Å². The first-order valence-corrected chi connectivity index (χ1v) is 19.1. The molecule has 44 heavy (non-hydrogen) atoms. The average Bonchev–Trinajstić information content (AvgIpc) is 3.41. The Balaban J connectivity index is 2.05. The summed E-state index contributed by atoms with van der Waals surface area (Å²) in [6, 6.07) is 12.5. The number of aliphatic hydroxyl groups is 2. The van der Waals surface area contributed by atoms with Crippen LogP contribution in [-0.4, -0.2) is 70.9 Å². The van der Waals surface area contributed by atoms with E-state index in [-0.39, 0.29) is 17.8 Å². The van der Waals surface area contributed by atoms with Gasteiger partial charge >= 0.3 is 5.97 Å². The minimum Gasteiger partial charge on any atom is -0.481 e. The van der Waals surface area contributed by atoms with Crippen molar-refractivity contribution in [3.63, 3.8) is 0 Å². The smallest absolute Gasteiger partial charge is 0.308 e. The van der Waals surface area contributed by atoms with Gasteiger partial charge in [0.25, 0.3) is 0 Å². The molecule has 1 aromatic carbocycles. The Hall–Kier alpha value is -1.82. The third-order valence-electron chi connectivity index (χ3n) is 10.5. The standard InChI is InChI=1S/C34H57NO8Si/c1-11-26(36)34(10,39)30-22(6)27(35-42-30)21(5)20-33(9,43-44(12-2,13-3)14-4)29-23(7)28(24(8)31(37)38)40-32(41-29)25-18-16-15-17-19-25/h15-19,21-24,26,28-30,32,36,39H,11-14,20H2,1-10H3,(H,37,38)/t21-,22+,23+,24-,26-,28+,29-,30-,32-,33-,34-/m1/s1. The highest BCUT2D eigenvalue weighted by Crippen LogP contribution is 2.46. The number of carboxylic acids is 1. The molecule has 1 fully saturated rings. The van der Waals surface area contributed by atoms with Crippen molar-refractivity contribution in [3.05, 3.63) is 35.9 Å². The number of carbonyl (C=O) groups is 1. The van der Waals surface area contributed by atoms with Gasteiger partial charge in [-0.15, -0.1) is 0 Å². The van der Waals surface area contributed by atoms with Gasteiger partial charge in [0.1, 0.15) is 5.60 Å². The molecule has 3 rings (SSSR count). The van der Waals surface area contributed by atoms with Crippen molar-refractivity contribution in [1.82, 2.24) is 0 Å². The summed E-state index contributed by atoms with van der Waals surface area (Å²) >= 11 is 0. The summed E-state index contributed by atoms with van der Waals surface area (Å²) in [5.41, 5.74) is -0.643. The summed E-state index contributed by atoms with van der Waals surface area (Å²) in [7, 11) is -2.21. The van der Waals surface area contributed by atoms with E-state index in [0.717, 1.165) is 29.4 Å². The molecule has 10 heteroatoms. The van der Waals surface area contributed by atoms with E-state index in [0.29, 0.717) is 12.8 Å². The third-order valence-corrected chi connectivity index (χ3v) is 15.3. The number of ether oxygens (including phenoxy) is 2. The summed E-state index contributed by atoms with van der Waals surface area (Å²) in [4.78, 5) is 18.1. The predicted molar refractivity (Wildman–Crippen MR) is 174 cm³/mol. The molecule has 0 bridgehead atoms. The van der Waals surface area contributed by atoms with E-state index in [1.807, 2.05) is 51.1 Å². The van der Waals surface area contributed by atoms with Gasteiger partial charge in [-0.3, -0.25) is 4.79 Å². The van der Waals surface area contributed by atoms with E-state index in [4.69, 9.17) is 18.7 Å². The molecule has 2 heterocycles. The lowest BCUT2D eigenvalue weighted by Gasteiger charge is -2.52. The van der Waals surface area contributed by atoms with Crippen LogP contribution in [0.25, 0.3) is 0 Å². The van der Waals surface area contributed by atoms with E-state index < -0.39 is 62.1 Å². The minimum absolute atomic E-state index is 0.115. The Morgan fingerprint density at radius 1 is 1.02 bits per heavy atom. The number of oxime groups is 1. The number of hydrogen-bond donors (Lipinski definition) is 3. The number of nitrogens with zero attached hydrogens (tertiary/aromatic N) is 1. The fraction of sp³-hybridized carbons (Fsp3) is 0.765. The van der Waals surface area contributed by atoms with Crippen molar-refractivity contribution in [1.29, 1.82) is 0 Å². The van der Waals surface area contributed by atoms with E-state index >= 15 is 0 Å². The Bertz CT molecular complexity index is 1100. The van der Waals surface area contributed by atoms with Gasteiger partial charge in [0.15, 0.2) is 20.7 Å². The molecule has 0 saturated carbocycles. The van der Waals surface area contributed by atoms with Gasteiger partial charge in [-0.25, -0.2) is 0 Å². The first-order valence-electron chi connectivity index (χ1n) is 16.5. The predicted octanol–water partition coefficient (Wildman–Crippen LogP) is 6.55. The SMILES string of the molecule is CC[C@@H](O)[C@@](C)(O)[C@@H]1ON=C([C@H](C)C[C@@](C)(O[Si](CC)(CC)CC)[C@@H]2O[C@H](c3ccccc3)O[C@H]([C@@H](C)C(=O)O)[C@@H]2C)[C@@H]1C. The zero-order chi connectivity index (χ0) is 33.0. The van der Waals surface area contributed by atoms with Crippen LogP contribution in [0.3, 0.4) is 0 Å². The lowest BCUT2D eigenvalue weighted by molar-refractivity contribution is -0.308. The molecule has 0 aromatic heterocycles. The van der Waals surface area contributed by atoms with E-state index in [2.05, 4.69) is 39.8 Å². The summed E-state index contributed by atoms with van der Waals surface area (Å²) in [6.07, 6.45) is -2.51. The Labute approximate surface area is 265 Å². The molecule has 1 aromatic rings. The number of rotatable bonds is 15. The molecule has 250 valence electrons. The van der Waals surface area contributed by atoms with Crippen molar-refractivity contribution in [2.24, 2.45) is 28.8 Å². The summed E-state index contributed by atoms with van der Waals surface area (Å²) in [5, 5.41) is 36.3. The lowest BCUT2D eigenvalue weighted by Crippen LogP contribution is -2.60. The van der Waals surface area contributed by atoms with Gasteiger partial charge in [0.2, 0.25) is 0 Å². The molecule has 2 aliphatic heterocycles. The highest BCUT2D eigenvalue weighted by atomic mass is 28.4. The molecule has 0 spiro atoms. The Morgan fingerprint density at radius 3 is 2.14 bits per heavy atom. The lowest BCUT2D eigenvalue weighted by atomic mass is 9.74. The number of benzene rings is 1. The number of carboxylic acid groups (broad SMARTS) is 1. The molecule has 3 N–H and O–H groups in total. The van der Waals surface area contributed by atoms with Crippen molar-refractivity contribution < 1.29 is 38.9 Å². The Morgan fingerprint density at radius 2 is 1.61 bits per heavy atom. The zero-order valence-corrected chi connectivity index (χ0v) is 29.4. The molecule has 0 radical (unpaired) electrons. The van der Waals surface area contributed by atoms with Crippen LogP contribution in [0.1, 0.15) is 93.9 Å². The maximum Gasteiger partial charge on any atom is 0.308 e. The summed E-state index contributed by atoms with van der Waals surface area (Å²) < 4.78 is 20.6. The van der Waals surface area contributed by atoms with Gasteiger partial charge in [0, 0.05) is 23.3 Å². The van der Waals surface area contributed by atoms with Gasteiger partial charge < -0.3 is 34.1 Å². The zero-order valence-electron chi connectivity index (χ0n) is 28.4. The van der Waals surface area contributed by atoms with Crippen LogP contribution < -0.4 is 0 Å². The second kappa shape index (κ2) is 14.7. The molecule has 0 unspecified atom stereocenters. The van der Waals surface area contributed by atoms with Gasteiger partial charge in [0.05, 0.1) is 35.5 Å². The molecule has 11 atom stereocenters. The Kier molecular flexibility index (Phi) is 12.3. The third kappa shape index (κ3) is 7.42. The first-order chi connectivity index (χ1) is 20.6. The quantitative estimate of drug-likeness (QED) is 0.185. The second-order valence-corrected chi connectivity index (χ2v) is 18.3. The van der Waals surface area contributed by atoms with Gasteiger partial charge in [-0.1, -0.05) is 84.0 Å². The van der Waals surface area contributed by atoms with Crippen LogP contribution in [-0.2, 0) is 23.5 Å². The number of aliphatic carboxylic acids is 1.